The first-order valence-corrected chi connectivity index (χ1v) is 10.1. The normalized spacial score (nSPS) is 18.7. The lowest BCUT2D eigenvalue weighted by molar-refractivity contribution is -0.917. The van der Waals surface area contributed by atoms with Gasteiger partial charge in [0, 0.05) is 16.7 Å². The molecule has 0 fully saturated rings. The molecule has 3 aromatic rings. The molecule has 1 aliphatic rings. The quantitative estimate of drug-likeness (QED) is 0.575. The van der Waals surface area contributed by atoms with Gasteiger partial charge in [-0.1, -0.05) is 54.6 Å². The van der Waals surface area contributed by atoms with Crippen molar-refractivity contribution in [1.29, 1.82) is 0 Å². The average Bonchev–Trinajstić information content (AvgIpc) is 2.99. The largest absolute Gasteiger partial charge is 0.508 e. The summed E-state index contributed by atoms with van der Waals surface area (Å²) in [6.45, 7) is 9.50. The summed E-state index contributed by atoms with van der Waals surface area (Å²) in [6.07, 6.45) is 0. The highest BCUT2D eigenvalue weighted by atomic mass is 16.3. The minimum Gasteiger partial charge on any atom is -0.508 e. The predicted octanol–water partition coefficient (Wildman–Crippen LogP) is 5.84. The molecular formula is C26H28NO2+. The van der Waals surface area contributed by atoms with E-state index < -0.39 is 0 Å². The van der Waals surface area contributed by atoms with Gasteiger partial charge in [-0.2, -0.15) is 0 Å². The van der Waals surface area contributed by atoms with Crippen LogP contribution in [0.1, 0.15) is 47.8 Å². The van der Waals surface area contributed by atoms with Crippen LogP contribution in [-0.2, 0) is 13.1 Å². The Bertz CT molecular complexity index is 1080. The lowest BCUT2D eigenvalue weighted by Crippen LogP contribution is -2.59. The number of hydrogen-bond donors (Lipinski definition) is 1. The molecule has 4 rings (SSSR count). The molecule has 29 heavy (non-hydrogen) atoms. The molecule has 3 aromatic carbocycles. The number of benzene rings is 3. The summed E-state index contributed by atoms with van der Waals surface area (Å²) >= 11 is 0. The molecular weight excluding hydrogens is 358 g/mol. The number of aromatic hydroxyl groups is 1. The van der Waals surface area contributed by atoms with Gasteiger partial charge in [0.2, 0.25) is 0 Å². The van der Waals surface area contributed by atoms with Crippen LogP contribution < -0.4 is 0 Å². The number of phenolic OH excluding ortho intramolecular Hbond substituents is 1. The first kappa shape index (κ1) is 19.4. The Morgan fingerprint density at radius 3 is 2.28 bits per heavy atom. The van der Waals surface area contributed by atoms with Gasteiger partial charge in [0.15, 0.2) is 0 Å². The second-order valence-electron chi connectivity index (χ2n) is 9.03. The first-order valence-electron chi connectivity index (χ1n) is 10.1. The van der Waals surface area contributed by atoms with E-state index in [1.54, 1.807) is 6.07 Å². The second kappa shape index (κ2) is 6.85. The van der Waals surface area contributed by atoms with E-state index in [1.165, 1.54) is 0 Å². The van der Waals surface area contributed by atoms with Crippen molar-refractivity contribution < 1.29 is 14.4 Å². The molecule has 0 aliphatic carbocycles. The topological polar surface area (TPSA) is 37.3 Å². The third-order valence-electron chi connectivity index (χ3n) is 6.39. The fourth-order valence-corrected chi connectivity index (χ4v) is 4.52. The van der Waals surface area contributed by atoms with E-state index in [-0.39, 0.29) is 17.2 Å². The Morgan fingerprint density at radius 2 is 1.59 bits per heavy atom. The Kier molecular flexibility index (Phi) is 4.59. The summed E-state index contributed by atoms with van der Waals surface area (Å²) in [5.41, 5.74) is 5.60. The van der Waals surface area contributed by atoms with Gasteiger partial charge in [-0.05, 0) is 51.0 Å². The smallest absolute Gasteiger partial charge is 0.347 e. The lowest BCUT2D eigenvalue weighted by Gasteiger charge is -2.43. The molecule has 0 spiro atoms. The van der Waals surface area contributed by atoms with Crippen LogP contribution in [0.15, 0.2) is 66.7 Å². The van der Waals surface area contributed by atoms with Gasteiger partial charge in [0.25, 0.3) is 0 Å². The summed E-state index contributed by atoms with van der Waals surface area (Å²) < 4.78 is 0.316. The van der Waals surface area contributed by atoms with Gasteiger partial charge in [0.05, 0.1) is 11.1 Å². The molecule has 148 valence electrons. The van der Waals surface area contributed by atoms with Gasteiger partial charge in [-0.3, -0.25) is 0 Å². The highest BCUT2D eigenvalue weighted by molar-refractivity contribution is 5.95. The number of hydrogen-bond acceptors (Lipinski definition) is 2. The van der Waals surface area contributed by atoms with Gasteiger partial charge in [0.1, 0.15) is 18.8 Å². The molecule has 0 aromatic heterocycles. The molecule has 0 saturated heterocycles. The number of rotatable bonds is 3. The van der Waals surface area contributed by atoms with Crippen LogP contribution in [-0.4, -0.2) is 21.0 Å². The molecule has 0 bridgehead atoms. The van der Waals surface area contributed by atoms with E-state index in [2.05, 4.69) is 51.1 Å². The Balaban J connectivity index is 1.85. The zero-order valence-corrected chi connectivity index (χ0v) is 17.6. The minimum atomic E-state index is -0.290. The molecule has 3 nitrogen and oxygen atoms in total. The summed E-state index contributed by atoms with van der Waals surface area (Å²) in [5.74, 6) is 0.291. The monoisotopic (exact) mass is 386 g/mol. The van der Waals surface area contributed by atoms with E-state index in [0.717, 1.165) is 22.3 Å². The molecule has 3 heteroatoms. The maximum absolute atomic E-state index is 13.9. The van der Waals surface area contributed by atoms with E-state index in [1.807, 2.05) is 37.3 Å². The Labute approximate surface area is 172 Å². The van der Waals surface area contributed by atoms with Crippen LogP contribution in [0.2, 0.25) is 0 Å². The fourth-order valence-electron chi connectivity index (χ4n) is 4.52. The van der Waals surface area contributed by atoms with Crippen LogP contribution in [0.3, 0.4) is 0 Å². The van der Waals surface area contributed by atoms with E-state index in [0.29, 0.717) is 28.7 Å². The zero-order chi connectivity index (χ0) is 20.8. The second-order valence-corrected chi connectivity index (χ2v) is 9.03. The van der Waals surface area contributed by atoms with E-state index >= 15 is 0 Å². The third kappa shape index (κ3) is 3.06. The van der Waals surface area contributed by atoms with Crippen molar-refractivity contribution in [3.8, 4) is 16.9 Å². The maximum atomic E-state index is 13.9. The summed E-state index contributed by atoms with van der Waals surface area (Å²) in [6, 6.07) is 22.3. The van der Waals surface area contributed by atoms with Crippen molar-refractivity contribution in [3.05, 3.63) is 89.0 Å². The van der Waals surface area contributed by atoms with Crippen molar-refractivity contribution >= 4 is 5.91 Å². The molecule has 0 saturated carbocycles. The minimum absolute atomic E-state index is 0.101. The lowest BCUT2D eigenvalue weighted by atomic mass is 9.95. The third-order valence-corrected chi connectivity index (χ3v) is 6.39. The Morgan fingerprint density at radius 1 is 0.931 bits per heavy atom. The molecule has 1 atom stereocenters. The fraction of sp³-hybridized carbons (Fsp3) is 0.269. The van der Waals surface area contributed by atoms with Crippen LogP contribution in [0, 0.1) is 6.92 Å². The van der Waals surface area contributed by atoms with Crippen molar-refractivity contribution in [1.82, 2.24) is 0 Å². The predicted molar refractivity (Wildman–Crippen MR) is 116 cm³/mol. The van der Waals surface area contributed by atoms with Gasteiger partial charge in [-0.25, -0.2) is 9.28 Å². The molecule has 1 unspecified atom stereocenters. The number of nitrogens with zero attached hydrogens (tertiary/aromatic N) is 1. The number of carbonyl (C=O) groups is 1. The maximum Gasteiger partial charge on any atom is 0.347 e. The molecule has 1 aliphatic heterocycles. The number of amides is 1. The van der Waals surface area contributed by atoms with E-state index in [4.69, 9.17) is 0 Å². The van der Waals surface area contributed by atoms with Crippen molar-refractivity contribution in [3.63, 3.8) is 0 Å². The van der Waals surface area contributed by atoms with Crippen molar-refractivity contribution in [2.24, 2.45) is 0 Å². The first-order chi connectivity index (χ1) is 13.7. The van der Waals surface area contributed by atoms with Gasteiger partial charge < -0.3 is 5.11 Å². The Hall–Kier alpha value is -2.91. The highest BCUT2D eigenvalue weighted by Crippen LogP contribution is 2.43. The average molecular weight is 387 g/mol. The van der Waals surface area contributed by atoms with Crippen LogP contribution in [0.4, 0.5) is 0 Å². The molecule has 0 radical (unpaired) electrons. The number of fused-ring (bicyclic) bond motifs is 1. The van der Waals surface area contributed by atoms with Crippen LogP contribution in [0.25, 0.3) is 11.1 Å². The summed E-state index contributed by atoms with van der Waals surface area (Å²) in [7, 11) is 0. The number of phenols is 1. The van der Waals surface area contributed by atoms with Gasteiger partial charge in [-0.15, -0.1) is 0 Å². The SMILES string of the molecule is Cc1c(O)ccc2c1C(=O)[N+](Cc1ccccc1-c1ccccc1)(C(C)(C)C)C2. The number of carbonyl (C=O) groups excluding carboxylic acids is 1. The highest BCUT2D eigenvalue weighted by Gasteiger charge is 2.54. The summed E-state index contributed by atoms with van der Waals surface area (Å²) in [5, 5.41) is 10.2. The zero-order valence-electron chi connectivity index (χ0n) is 17.6. The molecule has 1 N–H and O–H groups in total. The van der Waals surface area contributed by atoms with E-state index in [9.17, 15) is 9.90 Å². The summed E-state index contributed by atoms with van der Waals surface area (Å²) in [4.78, 5) is 13.9. The van der Waals surface area contributed by atoms with Crippen LogP contribution in [0.5, 0.6) is 5.75 Å². The molecule has 1 amide bonds. The molecule has 1 heterocycles. The number of quaternary nitrogens is 1. The van der Waals surface area contributed by atoms with Crippen LogP contribution >= 0.6 is 0 Å². The van der Waals surface area contributed by atoms with Crippen molar-refractivity contribution in [2.45, 2.75) is 46.3 Å². The van der Waals surface area contributed by atoms with Crippen molar-refractivity contribution in [2.75, 3.05) is 0 Å². The standard InChI is InChI=1S/C26H27NO2/c1-18-23(28)15-14-21-17-27(26(2,3)4,25(29)24(18)21)16-20-12-8-9-13-22(20)19-10-6-5-7-11-19/h5-15H,16-17H2,1-4H3/p+1. The van der Waals surface area contributed by atoms with Gasteiger partial charge >= 0.3 is 5.91 Å².